The first-order valence-electron chi connectivity index (χ1n) is 7.41. The van der Waals surface area contributed by atoms with Crippen molar-refractivity contribution < 1.29 is 4.74 Å². The van der Waals surface area contributed by atoms with Crippen LogP contribution in [0.4, 0.5) is 5.69 Å². The van der Waals surface area contributed by atoms with Crippen LogP contribution in [-0.4, -0.2) is 43.3 Å². The van der Waals surface area contributed by atoms with E-state index >= 15 is 0 Å². The Morgan fingerprint density at radius 1 is 1.26 bits per heavy atom. The minimum atomic E-state index is 0.371. The molecule has 3 rings (SSSR count). The van der Waals surface area contributed by atoms with Crippen LogP contribution in [0.25, 0.3) is 0 Å². The smallest absolute Gasteiger partial charge is 0.0703 e. The van der Waals surface area contributed by atoms with Crippen molar-refractivity contribution in [3.8, 4) is 0 Å². The normalized spacial score (nSPS) is 30.8. The van der Waals surface area contributed by atoms with Gasteiger partial charge in [0.05, 0.1) is 6.10 Å². The molecular formula is C16H24N2O. The molecule has 3 heteroatoms. The number of ether oxygens (including phenoxy) is 1. The second-order valence-electron chi connectivity index (χ2n) is 5.83. The van der Waals surface area contributed by atoms with Crippen molar-refractivity contribution in [1.82, 2.24) is 4.90 Å². The van der Waals surface area contributed by atoms with Crippen molar-refractivity contribution in [3.05, 3.63) is 29.8 Å². The SMILES string of the molecule is CC1OCCC1N(C)C1CCc2ccccc2NC1. The predicted molar refractivity (Wildman–Crippen MR) is 78.6 cm³/mol. The van der Waals surface area contributed by atoms with Crippen LogP contribution in [0.1, 0.15) is 25.3 Å². The van der Waals surface area contributed by atoms with E-state index in [-0.39, 0.29) is 0 Å². The van der Waals surface area contributed by atoms with Crippen LogP contribution in [0, 0.1) is 0 Å². The third kappa shape index (κ3) is 2.63. The quantitative estimate of drug-likeness (QED) is 0.884. The molecule has 1 fully saturated rings. The molecule has 3 unspecified atom stereocenters. The highest BCUT2D eigenvalue weighted by Crippen LogP contribution is 2.26. The maximum absolute atomic E-state index is 5.71. The number of likely N-dealkylation sites (N-methyl/N-ethyl adjacent to an activating group) is 1. The van der Waals surface area contributed by atoms with Crippen molar-refractivity contribution >= 4 is 5.69 Å². The van der Waals surface area contributed by atoms with E-state index in [1.54, 1.807) is 0 Å². The summed E-state index contributed by atoms with van der Waals surface area (Å²) in [6.07, 6.45) is 3.93. The summed E-state index contributed by atoms with van der Waals surface area (Å²) >= 11 is 0. The maximum Gasteiger partial charge on any atom is 0.0703 e. The molecule has 1 N–H and O–H groups in total. The number of benzene rings is 1. The fourth-order valence-electron chi connectivity index (χ4n) is 3.44. The molecule has 0 amide bonds. The van der Waals surface area contributed by atoms with Gasteiger partial charge in [0.1, 0.15) is 0 Å². The molecule has 3 atom stereocenters. The molecule has 3 nitrogen and oxygen atoms in total. The van der Waals surface area contributed by atoms with Gasteiger partial charge in [0.15, 0.2) is 0 Å². The highest BCUT2D eigenvalue weighted by molar-refractivity contribution is 5.52. The summed E-state index contributed by atoms with van der Waals surface area (Å²) in [4.78, 5) is 2.54. The second-order valence-corrected chi connectivity index (χ2v) is 5.83. The van der Waals surface area contributed by atoms with Gasteiger partial charge >= 0.3 is 0 Å². The lowest BCUT2D eigenvalue weighted by molar-refractivity contribution is 0.0681. The number of nitrogens with one attached hydrogen (secondary N) is 1. The zero-order chi connectivity index (χ0) is 13.2. The number of hydrogen-bond acceptors (Lipinski definition) is 3. The Morgan fingerprint density at radius 3 is 2.89 bits per heavy atom. The van der Waals surface area contributed by atoms with Crippen molar-refractivity contribution in [1.29, 1.82) is 0 Å². The Balaban J connectivity index is 1.68. The van der Waals surface area contributed by atoms with Gasteiger partial charge in [0, 0.05) is 30.9 Å². The maximum atomic E-state index is 5.71. The molecule has 104 valence electrons. The van der Waals surface area contributed by atoms with Crippen LogP contribution < -0.4 is 5.32 Å². The molecule has 0 spiro atoms. The highest BCUT2D eigenvalue weighted by atomic mass is 16.5. The van der Waals surface area contributed by atoms with E-state index in [1.165, 1.54) is 30.5 Å². The Morgan fingerprint density at radius 2 is 2.11 bits per heavy atom. The van der Waals surface area contributed by atoms with Crippen LogP contribution in [0.5, 0.6) is 0 Å². The summed E-state index contributed by atoms with van der Waals surface area (Å²) in [7, 11) is 2.26. The Hall–Kier alpha value is -1.06. The Labute approximate surface area is 115 Å². The van der Waals surface area contributed by atoms with Gasteiger partial charge < -0.3 is 10.1 Å². The van der Waals surface area contributed by atoms with Crippen LogP contribution in [0.15, 0.2) is 24.3 Å². The molecule has 0 aliphatic carbocycles. The fraction of sp³-hybridized carbons (Fsp3) is 0.625. The predicted octanol–water partition coefficient (Wildman–Crippen LogP) is 2.52. The van der Waals surface area contributed by atoms with E-state index in [2.05, 4.69) is 48.5 Å². The van der Waals surface area contributed by atoms with Gasteiger partial charge in [-0.2, -0.15) is 0 Å². The molecule has 0 aromatic heterocycles. The van der Waals surface area contributed by atoms with Gasteiger partial charge in [-0.15, -0.1) is 0 Å². The molecule has 19 heavy (non-hydrogen) atoms. The first kappa shape index (κ1) is 12.9. The number of aryl methyl sites for hydroxylation is 1. The third-order valence-corrected chi connectivity index (χ3v) is 4.73. The van der Waals surface area contributed by atoms with Crippen LogP contribution >= 0.6 is 0 Å². The van der Waals surface area contributed by atoms with Gasteiger partial charge in [-0.05, 0) is 44.9 Å². The van der Waals surface area contributed by atoms with Gasteiger partial charge in [-0.3, -0.25) is 4.90 Å². The monoisotopic (exact) mass is 260 g/mol. The molecule has 1 aromatic carbocycles. The zero-order valence-electron chi connectivity index (χ0n) is 11.9. The van der Waals surface area contributed by atoms with Crippen molar-refractivity contribution in [2.75, 3.05) is 25.5 Å². The van der Waals surface area contributed by atoms with Crippen molar-refractivity contribution in [2.24, 2.45) is 0 Å². The largest absolute Gasteiger partial charge is 0.383 e. The van der Waals surface area contributed by atoms with Crippen molar-refractivity contribution in [2.45, 2.75) is 44.4 Å². The zero-order valence-corrected chi connectivity index (χ0v) is 11.9. The number of para-hydroxylation sites is 1. The van der Waals surface area contributed by atoms with Gasteiger partial charge in [-0.1, -0.05) is 18.2 Å². The molecule has 0 saturated carbocycles. The summed E-state index contributed by atoms with van der Waals surface area (Å²) in [6.45, 7) is 4.15. The lowest BCUT2D eigenvalue weighted by atomic mass is 10.0. The molecule has 2 aliphatic rings. The van der Waals surface area contributed by atoms with E-state index in [0.717, 1.165) is 13.2 Å². The highest BCUT2D eigenvalue weighted by Gasteiger charge is 2.32. The van der Waals surface area contributed by atoms with E-state index in [4.69, 9.17) is 4.74 Å². The molecule has 1 saturated heterocycles. The topological polar surface area (TPSA) is 24.5 Å². The number of nitrogens with zero attached hydrogens (tertiary/aromatic N) is 1. The summed E-state index contributed by atoms with van der Waals surface area (Å²) in [5.41, 5.74) is 2.77. The minimum absolute atomic E-state index is 0.371. The second kappa shape index (κ2) is 5.51. The first-order chi connectivity index (χ1) is 9.25. The Bertz CT molecular complexity index is 408. The van der Waals surface area contributed by atoms with E-state index in [9.17, 15) is 0 Å². The fourth-order valence-corrected chi connectivity index (χ4v) is 3.44. The third-order valence-electron chi connectivity index (χ3n) is 4.73. The molecule has 0 radical (unpaired) electrons. The summed E-state index contributed by atoms with van der Waals surface area (Å²) < 4.78 is 5.71. The van der Waals surface area contributed by atoms with Crippen LogP contribution in [0.3, 0.4) is 0 Å². The minimum Gasteiger partial charge on any atom is -0.383 e. The molecule has 0 bridgehead atoms. The van der Waals surface area contributed by atoms with Gasteiger partial charge in [0.25, 0.3) is 0 Å². The lowest BCUT2D eigenvalue weighted by Gasteiger charge is -2.34. The summed E-state index contributed by atoms with van der Waals surface area (Å²) in [5.74, 6) is 0. The number of fused-ring (bicyclic) bond motifs is 1. The van der Waals surface area contributed by atoms with Gasteiger partial charge in [0.2, 0.25) is 0 Å². The summed E-state index contributed by atoms with van der Waals surface area (Å²) in [5, 5.41) is 3.61. The average Bonchev–Trinajstić information content (AvgIpc) is 2.74. The lowest BCUT2D eigenvalue weighted by Crippen LogP contribution is -2.46. The molecule has 2 aliphatic heterocycles. The van der Waals surface area contributed by atoms with Gasteiger partial charge in [-0.25, -0.2) is 0 Å². The number of anilines is 1. The average molecular weight is 260 g/mol. The van der Waals surface area contributed by atoms with E-state index in [1.807, 2.05) is 0 Å². The summed E-state index contributed by atoms with van der Waals surface area (Å²) in [6, 6.07) is 9.86. The molecular weight excluding hydrogens is 236 g/mol. The van der Waals surface area contributed by atoms with Crippen molar-refractivity contribution in [3.63, 3.8) is 0 Å². The Kier molecular flexibility index (Phi) is 3.76. The van der Waals surface area contributed by atoms with Crippen LogP contribution in [-0.2, 0) is 11.2 Å². The number of hydrogen-bond donors (Lipinski definition) is 1. The first-order valence-corrected chi connectivity index (χ1v) is 7.41. The standard InChI is InChI=1S/C16H24N2O/c1-12-16(9-10-19-12)18(2)14-8-7-13-5-3-4-6-15(13)17-11-14/h3-6,12,14,16-17H,7-11H2,1-2H3. The van der Waals surface area contributed by atoms with Crippen LogP contribution in [0.2, 0.25) is 0 Å². The molecule has 1 aromatic rings. The van der Waals surface area contributed by atoms with E-state index in [0.29, 0.717) is 18.2 Å². The van der Waals surface area contributed by atoms with E-state index < -0.39 is 0 Å². The number of rotatable bonds is 2. The molecule has 2 heterocycles.